The van der Waals surface area contributed by atoms with Gasteiger partial charge < -0.3 is 0 Å². The van der Waals surface area contributed by atoms with Crippen molar-refractivity contribution in [3.05, 3.63) is 40.4 Å². The fourth-order valence-corrected chi connectivity index (χ4v) is 5.89. The third-order valence-corrected chi connectivity index (χ3v) is 8.58. The number of halogens is 3. The summed E-state index contributed by atoms with van der Waals surface area (Å²) in [5.41, 5.74) is 0.929. The first-order valence-electron chi connectivity index (χ1n) is 7.18. The molecule has 0 aliphatic heterocycles. The lowest BCUT2D eigenvalue weighted by Crippen LogP contribution is -2.48. The van der Waals surface area contributed by atoms with Crippen LogP contribution in [0, 0.1) is 5.92 Å². The monoisotopic (exact) mass is 539 g/mol. The summed E-state index contributed by atoms with van der Waals surface area (Å²) in [6.45, 7) is 5.48. The Bertz CT molecular complexity index is 827. The van der Waals surface area contributed by atoms with Crippen LogP contribution in [-0.4, -0.2) is 29.1 Å². The maximum absolute atomic E-state index is 12.7. The SMILES string of the molecule is CC(C)C1=C(Br)C(=O)C(C)(Br)C(Br)/C1=N/S(=O)(=O)c1ccccc1. The van der Waals surface area contributed by atoms with E-state index in [0.717, 1.165) is 0 Å². The second-order valence-electron chi connectivity index (χ2n) is 5.91. The van der Waals surface area contributed by atoms with E-state index in [9.17, 15) is 13.2 Å². The van der Waals surface area contributed by atoms with E-state index >= 15 is 0 Å². The predicted molar refractivity (Wildman–Crippen MR) is 107 cm³/mol. The molecule has 0 bridgehead atoms. The van der Waals surface area contributed by atoms with Crippen molar-refractivity contribution in [3.8, 4) is 0 Å². The lowest BCUT2D eigenvalue weighted by molar-refractivity contribution is -0.116. The van der Waals surface area contributed by atoms with E-state index < -0.39 is 19.2 Å². The van der Waals surface area contributed by atoms with Crippen LogP contribution < -0.4 is 0 Å². The van der Waals surface area contributed by atoms with Crippen LogP contribution in [0.2, 0.25) is 0 Å². The molecule has 1 aliphatic carbocycles. The smallest absolute Gasteiger partial charge is 0.282 e. The number of ketones is 1. The highest BCUT2D eigenvalue weighted by molar-refractivity contribution is 9.13. The van der Waals surface area contributed by atoms with Crippen molar-refractivity contribution in [2.75, 3.05) is 0 Å². The number of allylic oxidation sites excluding steroid dienone is 2. The maximum atomic E-state index is 12.7. The average molecular weight is 542 g/mol. The molecule has 0 saturated heterocycles. The van der Waals surface area contributed by atoms with Crippen LogP contribution in [0.3, 0.4) is 0 Å². The molecule has 2 rings (SSSR count). The Balaban J connectivity index is 2.72. The van der Waals surface area contributed by atoms with Crippen molar-refractivity contribution >= 4 is 69.3 Å². The van der Waals surface area contributed by atoms with E-state index in [1.165, 1.54) is 12.1 Å². The van der Waals surface area contributed by atoms with Gasteiger partial charge in [-0.3, -0.25) is 4.79 Å². The van der Waals surface area contributed by atoms with Gasteiger partial charge in [-0.05, 0) is 46.5 Å². The van der Waals surface area contributed by atoms with Crippen LogP contribution in [0.15, 0.2) is 49.7 Å². The highest BCUT2D eigenvalue weighted by Crippen LogP contribution is 2.43. The molecule has 0 fully saturated rings. The first-order valence-corrected chi connectivity index (χ1v) is 11.1. The van der Waals surface area contributed by atoms with Gasteiger partial charge in [0, 0.05) is 0 Å². The molecule has 130 valence electrons. The van der Waals surface area contributed by atoms with Gasteiger partial charge in [0.1, 0.15) is 4.32 Å². The molecular weight excluding hydrogens is 526 g/mol. The number of carbonyl (C=O) groups is 1. The molecule has 0 aromatic heterocycles. The molecule has 0 saturated carbocycles. The molecule has 1 aliphatic rings. The minimum Gasteiger partial charge on any atom is -0.292 e. The zero-order valence-electron chi connectivity index (χ0n) is 13.3. The van der Waals surface area contributed by atoms with E-state index in [-0.39, 0.29) is 16.6 Å². The molecule has 0 amide bonds. The van der Waals surface area contributed by atoms with E-state index in [1.54, 1.807) is 25.1 Å². The van der Waals surface area contributed by atoms with E-state index in [2.05, 4.69) is 52.2 Å². The highest BCUT2D eigenvalue weighted by Gasteiger charge is 2.48. The van der Waals surface area contributed by atoms with Crippen molar-refractivity contribution in [2.45, 2.75) is 34.8 Å². The number of hydrogen-bond acceptors (Lipinski definition) is 3. The summed E-state index contributed by atoms with van der Waals surface area (Å²) >= 11 is 10.2. The summed E-state index contributed by atoms with van der Waals surface area (Å²) in [5.74, 6) is -0.221. The Morgan fingerprint density at radius 1 is 1.21 bits per heavy atom. The number of carbonyl (C=O) groups excluding carboxylic acids is 1. The molecule has 8 heteroatoms. The number of nitrogens with zero attached hydrogens (tertiary/aromatic N) is 1. The van der Waals surface area contributed by atoms with Crippen LogP contribution in [-0.2, 0) is 14.8 Å². The summed E-state index contributed by atoms with van der Waals surface area (Å²) in [6.07, 6.45) is 0. The van der Waals surface area contributed by atoms with E-state index in [0.29, 0.717) is 15.8 Å². The fraction of sp³-hybridized carbons (Fsp3) is 0.375. The lowest BCUT2D eigenvalue weighted by Gasteiger charge is -2.35. The topological polar surface area (TPSA) is 63.6 Å². The van der Waals surface area contributed by atoms with Crippen molar-refractivity contribution in [1.82, 2.24) is 0 Å². The van der Waals surface area contributed by atoms with Gasteiger partial charge in [0.25, 0.3) is 10.0 Å². The number of sulfonamides is 1. The van der Waals surface area contributed by atoms with Gasteiger partial charge in [0.2, 0.25) is 0 Å². The number of Topliss-reactive ketones (excluding diaryl/α,β-unsaturated/α-hetero) is 1. The van der Waals surface area contributed by atoms with Crippen LogP contribution in [0.1, 0.15) is 20.8 Å². The number of rotatable bonds is 3. The number of alkyl halides is 2. The largest absolute Gasteiger partial charge is 0.292 e. The second kappa shape index (κ2) is 7.13. The maximum Gasteiger partial charge on any atom is 0.282 e. The minimum atomic E-state index is -3.88. The van der Waals surface area contributed by atoms with Crippen molar-refractivity contribution in [3.63, 3.8) is 0 Å². The standard InChI is InChI=1S/C16H16Br3NO3S/c1-9(2)11-12(17)15(21)16(3,19)14(18)13(11)20-24(22,23)10-7-5-4-6-8-10/h4-9,14H,1-3H3/b20-13+. The summed E-state index contributed by atoms with van der Waals surface area (Å²) in [7, 11) is -3.88. The zero-order valence-corrected chi connectivity index (χ0v) is 18.8. The van der Waals surface area contributed by atoms with Crippen LogP contribution >= 0.6 is 47.8 Å². The van der Waals surface area contributed by atoms with Crippen LogP contribution in [0.4, 0.5) is 0 Å². The van der Waals surface area contributed by atoms with Crippen LogP contribution in [0.5, 0.6) is 0 Å². The average Bonchev–Trinajstić information content (AvgIpc) is 2.51. The Kier molecular flexibility index (Phi) is 5.94. The van der Waals surface area contributed by atoms with Crippen molar-refractivity contribution in [2.24, 2.45) is 10.3 Å². The molecule has 2 unspecified atom stereocenters. The third-order valence-electron chi connectivity index (χ3n) is 3.71. The van der Waals surface area contributed by atoms with Crippen molar-refractivity contribution in [1.29, 1.82) is 0 Å². The molecule has 0 radical (unpaired) electrons. The molecule has 2 atom stereocenters. The van der Waals surface area contributed by atoms with Gasteiger partial charge in [-0.15, -0.1) is 0 Å². The molecule has 0 N–H and O–H groups in total. The predicted octanol–water partition coefficient (Wildman–Crippen LogP) is 4.62. The van der Waals surface area contributed by atoms with E-state index in [1.807, 2.05) is 13.8 Å². The van der Waals surface area contributed by atoms with E-state index in [4.69, 9.17) is 0 Å². The molecule has 24 heavy (non-hydrogen) atoms. The summed E-state index contributed by atoms with van der Waals surface area (Å²) in [6, 6.07) is 8.03. The second-order valence-corrected chi connectivity index (χ2v) is 10.9. The normalized spacial score (nSPS) is 27.2. The third kappa shape index (κ3) is 3.61. The highest BCUT2D eigenvalue weighted by atomic mass is 79.9. The lowest BCUT2D eigenvalue weighted by atomic mass is 9.83. The zero-order chi connectivity index (χ0) is 18.3. The molecule has 1 aromatic carbocycles. The molecule has 0 heterocycles. The van der Waals surface area contributed by atoms with Gasteiger partial charge in [0.05, 0.1) is 19.9 Å². The van der Waals surface area contributed by atoms with Crippen molar-refractivity contribution < 1.29 is 13.2 Å². The molecule has 4 nitrogen and oxygen atoms in total. The van der Waals surface area contributed by atoms with Gasteiger partial charge in [-0.1, -0.05) is 63.9 Å². The summed E-state index contributed by atoms with van der Waals surface area (Å²) in [4.78, 5) is 12.1. The Morgan fingerprint density at radius 2 is 1.75 bits per heavy atom. The molecule has 1 aromatic rings. The van der Waals surface area contributed by atoms with Gasteiger partial charge in [0.15, 0.2) is 5.78 Å². The summed E-state index contributed by atoms with van der Waals surface area (Å²) in [5, 5.41) is 0. The Labute approximate surface area is 167 Å². The molecule has 0 spiro atoms. The number of hydrogen-bond donors (Lipinski definition) is 0. The van der Waals surface area contributed by atoms with Gasteiger partial charge in [-0.25, -0.2) is 0 Å². The Hall–Kier alpha value is -0.310. The fourth-order valence-electron chi connectivity index (χ4n) is 2.38. The Morgan fingerprint density at radius 3 is 2.25 bits per heavy atom. The minimum absolute atomic E-state index is 0.0725. The van der Waals surface area contributed by atoms with Gasteiger partial charge >= 0.3 is 0 Å². The molecular formula is C16H16Br3NO3S. The van der Waals surface area contributed by atoms with Crippen LogP contribution in [0.25, 0.3) is 0 Å². The van der Waals surface area contributed by atoms with Gasteiger partial charge in [-0.2, -0.15) is 12.8 Å². The quantitative estimate of drug-likeness (QED) is 0.525. The first kappa shape index (κ1) is 20.0. The first-order chi connectivity index (χ1) is 11.0. The number of benzene rings is 1. The summed E-state index contributed by atoms with van der Waals surface area (Å²) < 4.78 is 28.8.